The lowest BCUT2D eigenvalue weighted by atomic mass is 10.2. The zero-order valence-electron chi connectivity index (χ0n) is 11.1. The number of hydrogen-bond acceptors (Lipinski definition) is 4. The van der Waals surface area contributed by atoms with Crippen LogP contribution in [-0.4, -0.2) is 21.5 Å². The Labute approximate surface area is 108 Å². The molecule has 2 aromatic heterocycles. The first kappa shape index (κ1) is 12.5. The molecule has 0 saturated carbocycles. The molecule has 2 aromatic rings. The fourth-order valence-corrected chi connectivity index (χ4v) is 1.65. The molecule has 0 saturated heterocycles. The first-order valence-electron chi connectivity index (χ1n) is 6.23. The van der Waals surface area contributed by atoms with E-state index in [0.717, 1.165) is 35.7 Å². The highest BCUT2D eigenvalue weighted by Gasteiger charge is 2.09. The molecule has 0 spiro atoms. The van der Waals surface area contributed by atoms with E-state index in [9.17, 15) is 0 Å². The molecular formula is C14H18N4. The largest absolute Gasteiger partial charge is 0.370 e. The van der Waals surface area contributed by atoms with Crippen molar-refractivity contribution in [3.63, 3.8) is 0 Å². The van der Waals surface area contributed by atoms with E-state index < -0.39 is 0 Å². The third kappa shape index (κ3) is 2.64. The number of anilines is 1. The van der Waals surface area contributed by atoms with E-state index in [1.165, 1.54) is 0 Å². The van der Waals surface area contributed by atoms with Crippen LogP contribution in [0.25, 0.3) is 11.5 Å². The first-order valence-corrected chi connectivity index (χ1v) is 6.23. The van der Waals surface area contributed by atoms with Gasteiger partial charge in [0.1, 0.15) is 11.5 Å². The second-order valence-electron chi connectivity index (χ2n) is 4.25. The number of hydrogen-bond donors (Lipinski definition) is 1. The van der Waals surface area contributed by atoms with E-state index >= 15 is 0 Å². The Hall–Kier alpha value is -1.97. The predicted octanol–water partition coefficient (Wildman–Crippen LogP) is 2.98. The van der Waals surface area contributed by atoms with Crippen LogP contribution < -0.4 is 5.32 Å². The molecule has 0 aromatic carbocycles. The molecule has 0 unspecified atom stereocenters. The van der Waals surface area contributed by atoms with Gasteiger partial charge in [-0.2, -0.15) is 0 Å². The Morgan fingerprint density at radius 3 is 2.67 bits per heavy atom. The fourth-order valence-electron chi connectivity index (χ4n) is 1.65. The maximum atomic E-state index is 4.56. The van der Waals surface area contributed by atoms with Crippen LogP contribution in [0.15, 0.2) is 24.4 Å². The highest BCUT2D eigenvalue weighted by molar-refractivity contribution is 5.56. The van der Waals surface area contributed by atoms with Crippen LogP contribution >= 0.6 is 0 Å². The van der Waals surface area contributed by atoms with Crippen LogP contribution in [0, 0.1) is 13.8 Å². The van der Waals surface area contributed by atoms with Crippen molar-refractivity contribution in [2.24, 2.45) is 0 Å². The Bertz CT molecular complexity index is 523. The summed E-state index contributed by atoms with van der Waals surface area (Å²) < 4.78 is 0. The van der Waals surface area contributed by atoms with E-state index in [1.54, 1.807) is 6.20 Å². The third-order valence-electron chi connectivity index (χ3n) is 2.83. The summed E-state index contributed by atoms with van der Waals surface area (Å²) in [5.74, 6) is 1.59. The second kappa shape index (κ2) is 5.58. The number of nitrogens with one attached hydrogen (secondary N) is 1. The molecule has 0 aliphatic heterocycles. The summed E-state index contributed by atoms with van der Waals surface area (Å²) >= 11 is 0. The zero-order chi connectivity index (χ0) is 13.0. The van der Waals surface area contributed by atoms with E-state index in [-0.39, 0.29) is 0 Å². The topological polar surface area (TPSA) is 50.7 Å². The normalized spacial score (nSPS) is 10.4. The van der Waals surface area contributed by atoms with Crippen LogP contribution in [0.2, 0.25) is 0 Å². The van der Waals surface area contributed by atoms with Crippen LogP contribution in [0.1, 0.15) is 24.6 Å². The van der Waals surface area contributed by atoms with E-state index in [0.29, 0.717) is 5.82 Å². The second-order valence-corrected chi connectivity index (χ2v) is 4.25. The van der Waals surface area contributed by atoms with Gasteiger partial charge in [0, 0.05) is 24.0 Å². The molecule has 2 rings (SSSR count). The van der Waals surface area contributed by atoms with Crippen molar-refractivity contribution < 1.29 is 0 Å². The minimum absolute atomic E-state index is 0.678. The number of aromatic nitrogens is 3. The van der Waals surface area contributed by atoms with Crippen molar-refractivity contribution in [2.45, 2.75) is 27.2 Å². The Morgan fingerprint density at radius 1 is 1.17 bits per heavy atom. The van der Waals surface area contributed by atoms with E-state index in [2.05, 4.69) is 27.2 Å². The molecule has 0 aliphatic carbocycles. The van der Waals surface area contributed by atoms with E-state index in [4.69, 9.17) is 0 Å². The fraction of sp³-hybridized carbons (Fsp3) is 0.357. The van der Waals surface area contributed by atoms with Crippen molar-refractivity contribution in [2.75, 3.05) is 11.9 Å². The molecule has 18 heavy (non-hydrogen) atoms. The van der Waals surface area contributed by atoms with Gasteiger partial charge in [-0.1, -0.05) is 13.0 Å². The number of rotatable bonds is 4. The molecule has 1 N–H and O–H groups in total. The highest BCUT2D eigenvalue weighted by atomic mass is 15.0. The first-order chi connectivity index (χ1) is 8.72. The van der Waals surface area contributed by atoms with Crippen molar-refractivity contribution in [1.29, 1.82) is 0 Å². The number of pyridine rings is 1. The van der Waals surface area contributed by atoms with Gasteiger partial charge in [0.2, 0.25) is 0 Å². The summed E-state index contributed by atoms with van der Waals surface area (Å²) in [6, 6.07) is 5.76. The standard InChI is InChI=1S/C14H18N4/c1-4-8-16-13-10(2)11(3)17-14(18-13)12-7-5-6-9-15-12/h5-7,9H,4,8H2,1-3H3,(H,16,17,18). The van der Waals surface area contributed by atoms with Gasteiger partial charge in [0.05, 0.1) is 0 Å². The Balaban J connectivity index is 2.41. The Kier molecular flexibility index (Phi) is 3.87. The maximum Gasteiger partial charge on any atom is 0.180 e. The number of aryl methyl sites for hydroxylation is 1. The Morgan fingerprint density at radius 2 is 2.00 bits per heavy atom. The summed E-state index contributed by atoms with van der Waals surface area (Å²) in [4.78, 5) is 13.3. The van der Waals surface area contributed by atoms with Crippen LogP contribution in [-0.2, 0) is 0 Å². The lowest BCUT2D eigenvalue weighted by Gasteiger charge is -2.11. The molecule has 0 amide bonds. The lowest BCUT2D eigenvalue weighted by molar-refractivity contribution is 0.953. The molecule has 0 bridgehead atoms. The van der Waals surface area contributed by atoms with Gasteiger partial charge >= 0.3 is 0 Å². The van der Waals surface area contributed by atoms with E-state index in [1.807, 2.05) is 32.0 Å². The maximum absolute atomic E-state index is 4.56. The minimum atomic E-state index is 0.678. The lowest BCUT2D eigenvalue weighted by Crippen LogP contribution is -2.07. The molecule has 0 fully saturated rings. The quantitative estimate of drug-likeness (QED) is 0.895. The highest BCUT2D eigenvalue weighted by Crippen LogP contribution is 2.19. The van der Waals surface area contributed by atoms with Gasteiger partial charge in [0.25, 0.3) is 0 Å². The molecule has 0 aliphatic rings. The average molecular weight is 242 g/mol. The van der Waals surface area contributed by atoms with Gasteiger partial charge in [-0.15, -0.1) is 0 Å². The molecule has 2 heterocycles. The molecule has 4 nitrogen and oxygen atoms in total. The summed E-state index contributed by atoms with van der Waals surface area (Å²) in [6.07, 6.45) is 2.83. The van der Waals surface area contributed by atoms with Crippen molar-refractivity contribution in [3.8, 4) is 11.5 Å². The van der Waals surface area contributed by atoms with Crippen LogP contribution in [0.3, 0.4) is 0 Å². The smallest absolute Gasteiger partial charge is 0.180 e. The predicted molar refractivity (Wildman–Crippen MR) is 73.5 cm³/mol. The monoisotopic (exact) mass is 242 g/mol. The summed E-state index contributed by atoms with van der Waals surface area (Å²) in [6.45, 7) is 7.09. The molecule has 0 atom stereocenters. The molecular weight excluding hydrogens is 224 g/mol. The van der Waals surface area contributed by atoms with Gasteiger partial charge in [-0.3, -0.25) is 4.98 Å². The summed E-state index contributed by atoms with van der Waals surface area (Å²) in [7, 11) is 0. The third-order valence-corrected chi connectivity index (χ3v) is 2.83. The molecule has 0 radical (unpaired) electrons. The molecule has 4 heteroatoms. The van der Waals surface area contributed by atoms with Crippen LogP contribution in [0.5, 0.6) is 0 Å². The molecule has 94 valence electrons. The summed E-state index contributed by atoms with van der Waals surface area (Å²) in [5, 5.41) is 3.33. The van der Waals surface area contributed by atoms with Gasteiger partial charge in [-0.05, 0) is 32.4 Å². The SMILES string of the molecule is CCCNc1nc(-c2ccccn2)nc(C)c1C. The van der Waals surface area contributed by atoms with Crippen LogP contribution in [0.4, 0.5) is 5.82 Å². The number of nitrogens with zero attached hydrogens (tertiary/aromatic N) is 3. The van der Waals surface area contributed by atoms with Crippen molar-refractivity contribution in [1.82, 2.24) is 15.0 Å². The van der Waals surface area contributed by atoms with Gasteiger partial charge in [-0.25, -0.2) is 9.97 Å². The van der Waals surface area contributed by atoms with Crippen molar-refractivity contribution in [3.05, 3.63) is 35.7 Å². The summed E-state index contributed by atoms with van der Waals surface area (Å²) in [5.41, 5.74) is 2.90. The van der Waals surface area contributed by atoms with Gasteiger partial charge in [0.15, 0.2) is 5.82 Å². The van der Waals surface area contributed by atoms with Crippen molar-refractivity contribution >= 4 is 5.82 Å². The zero-order valence-corrected chi connectivity index (χ0v) is 11.1. The minimum Gasteiger partial charge on any atom is -0.370 e. The van der Waals surface area contributed by atoms with Gasteiger partial charge < -0.3 is 5.32 Å². The average Bonchev–Trinajstić information content (AvgIpc) is 2.41.